The summed E-state index contributed by atoms with van der Waals surface area (Å²) >= 11 is 0. The average Bonchev–Trinajstić information content (AvgIpc) is 2.62. The standard InChI is InChI=1S/C18H16N4O3/c1-13-20-16-10-6-5-9-15(16)18(24)22(13)25-12-17(23)21-19-11-14-7-3-2-4-8-14/h2-11H,12H2,1H3,(H,21,23)/b19-11+. The van der Waals surface area contributed by atoms with E-state index in [0.29, 0.717) is 16.7 Å². The second-order valence-corrected chi connectivity index (χ2v) is 5.25. The summed E-state index contributed by atoms with van der Waals surface area (Å²) in [5.41, 5.74) is 3.43. The van der Waals surface area contributed by atoms with Crippen molar-refractivity contribution in [2.45, 2.75) is 6.92 Å². The van der Waals surface area contributed by atoms with Crippen molar-refractivity contribution < 1.29 is 9.63 Å². The summed E-state index contributed by atoms with van der Waals surface area (Å²) in [6.07, 6.45) is 1.52. The lowest BCUT2D eigenvalue weighted by molar-refractivity contribution is -0.126. The van der Waals surface area contributed by atoms with Crippen LogP contribution < -0.4 is 15.8 Å². The molecule has 2 aromatic carbocycles. The molecule has 0 fully saturated rings. The molecule has 7 nitrogen and oxygen atoms in total. The molecule has 0 aliphatic heterocycles. The summed E-state index contributed by atoms with van der Waals surface area (Å²) in [7, 11) is 0. The molecule has 3 aromatic rings. The molecule has 1 amide bonds. The van der Waals surface area contributed by atoms with Crippen molar-refractivity contribution >= 4 is 23.0 Å². The number of hydrogen-bond donors (Lipinski definition) is 1. The van der Waals surface area contributed by atoms with Gasteiger partial charge in [0.2, 0.25) is 0 Å². The summed E-state index contributed by atoms with van der Waals surface area (Å²) in [5.74, 6) is -0.115. The Morgan fingerprint density at radius 1 is 1.20 bits per heavy atom. The van der Waals surface area contributed by atoms with E-state index in [2.05, 4.69) is 15.5 Å². The number of hydrogen-bond acceptors (Lipinski definition) is 5. The number of hydrazone groups is 1. The maximum atomic E-state index is 12.4. The molecule has 3 rings (SSSR count). The highest BCUT2D eigenvalue weighted by molar-refractivity contribution is 5.82. The molecule has 1 heterocycles. The quantitative estimate of drug-likeness (QED) is 0.562. The zero-order valence-electron chi connectivity index (χ0n) is 13.5. The van der Waals surface area contributed by atoms with Crippen LogP contribution in [-0.2, 0) is 4.79 Å². The number of aromatic nitrogens is 2. The van der Waals surface area contributed by atoms with Crippen LogP contribution in [0.1, 0.15) is 11.4 Å². The second kappa shape index (κ2) is 7.39. The van der Waals surface area contributed by atoms with E-state index >= 15 is 0 Å². The number of nitrogens with one attached hydrogen (secondary N) is 1. The summed E-state index contributed by atoms with van der Waals surface area (Å²) in [6.45, 7) is 1.28. The summed E-state index contributed by atoms with van der Waals surface area (Å²) in [6, 6.07) is 16.3. The molecule has 0 spiro atoms. The van der Waals surface area contributed by atoms with Gasteiger partial charge in [0.05, 0.1) is 17.1 Å². The fourth-order valence-electron chi connectivity index (χ4n) is 2.25. The van der Waals surface area contributed by atoms with E-state index in [1.54, 1.807) is 31.2 Å². The number of rotatable bonds is 5. The first-order chi connectivity index (χ1) is 12.1. The smallest absolute Gasteiger partial charge is 0.294 e. The molecule has 0 aliphatic carbocycles. The van der Waals surface area contributed by atoms with Gasteiger partial charge in [-0.25, -0.2) is 10.4 Å². The van der Waals surface area contributed by atoms with E-state index in [1.165, 1.54) is 6.21 Å². The van der Waals surface area contributed by atoms with Crippen molar-refractivity contribution in [1.82, 2.24) is 15.1 Å². The van der Waals surface area contributed by atoms with Gasteiger partial charge < -0.3 is 4.84 Å². The van der Waals surface area contributed by atoms with Crippen molar-refractivity contribution in [2.24, 2.45) is 5.10 Å². The van der Waals surface area contributed by atoms with Crippen LogP contribution in [0.15, 0.2) is 64.5 Å². The maximum absolute atomic E-state index is 12.4. The molecule has 0 radical (unpaired) electrons. The lowest BCUT2D eigenvalue weighted by Crippen LogP contribution is -2.35. The largest absolute Gasteiger partial charge is 0.399 e. The molecule has 0 saturated heterocycles. The third-order valence-corrected chi connectivity index (χ3v) is 3.42. The third kappa shape index (κ3) is 3.89. The Morgan fingerprint density at radius 2 is 1.92 bits per heavy atom. The first kappa shape index (κ1) is 16.4. The lowest BCUT2D eigenvalue weighted by atomic mass is 10.2. The van der Waals surface area contributed by atoms with Crippen molar-refractivity contribution in [3.63, 3.8) is 0 Å². The van der Waals surface area contributed by atoms with Gasteiger partial charge >= 0.3 is 0 Å². The fraction of sp³-hybridized carbons (Fsp3) is 0.111. The van der Waals surface area contributed by atoms with Gasteiger partial charge in [-0.15, -0.1) is 4.73 Å². The number of aryl methyl sites for hydroxylation is 1. The Bertz CT molecular complexity index is 981. The van der Waals surface area contributed by atoms with Gasteiger partial charge in [0.25, 0.3) is 11.5 Å². The third-order valence-electron chi connectivity index (χ3n) is 3.42. The molecule has 1 N–H and O–H groups in total. The molecule has 0 aliphatic rings. The van der Waals surface area contributed by atoms with Crippen molar-refractivity contribution in [2.75, 3.05) is 6.61 Å². The van der Waals surface area contributed by atoms with Gasteiger partial charge in [-0.3, -0.25) is 9.59 Å². The molecule has 0 bridgehead atoms. The highest BCUT2D eigenvalue weighted by Crippen LogP contribution is 2.06. The predicted octanol–water partition coefficient (Wildman–Crippen LogP) is 1.28. The van der Waals surface area contributed by atoms with Crippen LogP contribution in [0.5, 0.6) is 0 Å². The van der Waals surface area contributed by atoms with Crippen LogP contribution in [0, 0.1) is 6.92 Å². The van der Waals surface area contributed by atoms with E-state index in [0.717, 1.165) is 10.3 Å². The number of para-hydroxylation sites is 1. The summed E-state index contributed by atoms with van der Waals surface area (Å²) < 4.78 is 1.02. The van der Waals surface area contributed by atoms with Crippen LogP contribution in [0.2, 0.25) is 0 Å². The Balaban J connectivity index is 1.65. The Kier molecular flexibility index (Phi) is 4.84. The van der Waals surface area contributed by atoms with E-state index < -0.39 is 5.91 Å². The number of fused-ring (bicyclic) bond motifs is 1. The van der Waals surface area contributed by atoms with Gasteiger partial charge in [-0.05, 0) is 24.6 Å². The SMILES string of the molecule is Cc1nc2ccccc2c(=O)n1OCC(=O)N/N=C/c1ccccc1. The number of amides is 1. The minimum atomic E-state index is -0.480. The minimum Gasteiger partial charge on any atom is -0.399 e. The molecule has 0 saturated carbocycles. The fourth-order valence-corrected chi connectivity index (χ4v) is 2.25. The van der Waals surface area contributed by atoms with E-state index in [1.807, 2.05) is 30.3 Å². The lowest BCUT2D eigenvalue weighted by Gasteiger charge is -2.11. The van der Waals surface area contributed by atoms with Crippen molar-refractivity contribution in [3.8, 4) is 0 Å². The first-order valence-corrected chi connectivity index (χ1v) is 7.64. The molecular formula is C18H16N4O3. The summed E-state index contributed by atoms with van der Waals surface area (Å²) in [5, 5.41) is 4.27. The maximum Gasteiger partial charge on any atom is 0.294 e. The highest BCUT2D eigenvalue weighted by atomic mass is 16.7. The Hall–Kier alpha value is -3.48. The Morgan fingerprint density at radius 3 is 2.72 bits per heavy atom. The Labute approximate surface area is 143 Å². The normalized spacial score (nSPS) is 10.9. The van der Waals surface area contributed by atoms with Gasteiger partial charge in [0.1, 0.15) is 5.82 Å². The molecule has 0 atom stereocenters. The number of carbonyl (C=O) groups excluding carboxylic acids is 1. The molecule has 1 aromatic heterocycles. The number of benzene rings is 2. The van der Waals surface area contributed by atoms with Gasteiger partial charge in [0, 0.05) is 0 Å². The number of carbonyl (C=O) groups is 1. The molecule has 126 valence electrons. The van der Waals surface area contributed by atoms with Crippen LogP contribution in [-0.4, -0.2) is 28.4 Å². The minimum absolute atomic E-state index is 0.354. The first-order valence-electron chi connectivity index (χ1n) is 7.64. The summed E-state index contributed by atoms with van der Waals surface area (Å²) in [4.78, 5) is 33.8. The molecule has 25 heavy (non-hydrogen) atoms. The highest BCUT2D eigenvalue weighted by Gasteiger charge is 2.10. The molecule has 0 unspecified atom stereocenters. The van der Waals surface area contributed by atoms with E-state index in [4.69, 9.17) is 4.84 Å². The van der Waals surface area contributed by atoms with Crippen LogP contribution in [0.4, 0.5) is 0 Å². The number of nitrogens with zero attached hydrogens (tertiary/aromatic N) is 3. The molecule has 7 heteroatoms. The average molecular weight is 336 g/mol. The zero-order valence-corrected chi connectivity index (χ0v) is 13.5. The van der Waals surface area contributed by atoms with Gasteiger partial charge in [0.15, 0.2) is 6.61 Å². The van der Waals surface area contributed by atoms with Crippen LogP contribution in [0.3, 0.4) is 0 Å². The predicted molar refractivity (Wildman–Crippen MR) is 94.4 cm³/mol. The van der Waals surface area contributed by atoms with E-state index in [-0.39, 0.29) is 12.2 Å². The zero-order chi connectivity index (χ0) is 17.6. The van der Waals surface area contributed by atoms with Crippen LogP contribution >= 0.6 is 0 Å². The topological polar surface area (TPSA) is 85.6 Å². The second-order valence-electron chi connectivity index (χ2n) is 5.25. The van der Waals surface area contributed by atoms with Gasteiger partial charge in [-0.1, -0.05) is 42.5 Å². The van der Waals surface area contributed by atoms with Gasteiger partial charge in [-0.2, -0.15) is 5.10 Å². The molecular weight excluding hydrogens is 320 g/mol. The van der Waals surface area contributed by atoms with E-state index in [9.17, 15) is 9.59 Å². The monoisotopic (exact) mass is 336 g/mol. The van der Waals surface area contributed by atoms with Crippen molar-refractivity contribution in [3.05, 3.63) is 76.3 Å². The van der Waals surface area contributed by atoms with Crippen LogP contribution in [0.25, 0.3) is 10.9 Å². The van der Waals surface area contributed by atoms with Crippen molar-refractivity contribution in [1.29, 1.82) is 0 Å².